The summed E-state index contributed by atoms with van der Waals surface area (Å²) in [6.07, 6.45) is 4.61. The molecule has 0 aromatic rings. The molecule has 1 saturated carbocycles. The van der Waals surface area contributed by atoms with E-state index < -0.39 is 5.54 Å². The molecular formula is C11H22N2O2. The highest BCUT2D eigenvalue weighted by molar-refractivity contribution is 5.83. The maximum Gasteiger partial charge on any atom is 0.237 e. The standard InChI is InChI=1S/C11H22N2O2/c1-11(2,10(12)14)13-8-4-6-9(15-3)7-5-8/h8-9,13H,4-7H2,1-3H3,(H2,12,14). The molecular weight excluding hydrogens is 192 g/mol. The molecule has 0 radical (unpaired) electrons. The van der Waals surface area contributed by atoms with Gasteiger partial charge in [0.05, 0.1) is 11.6 Å². The van der Waals surface area contributed by atoms with Crippen molar-refractivity contribution in [3.05, 3.63) is 0 Å². The van der Waals surface area contributed by atoms with Crippen LogP contribution in [0.1, 0.15) is 39.5 Å². The van der Waals surface area contributed by atoms with Gasteiger partial charge in [-0.3, -0.25) is 4.79 Å². The number of ether oxygens (including phenoxy) is 1. The van der Waals surface area contributed by atoms with Crippen molar-refractivity contribution in [1.29, 1.82) is 0 Å². The van der Waals surface area contributed by atoms with Gasteiger partial charge in [-0.1, -0.05) is 0 Å². The second kappa shape index (κ2) is 4.94. The molecule has 0 spiro atoms. The molecule has 0 heterocycles. The zero-order chi connectivity index (χ0) is 11.5. The molecule has 1 aliphatic carbocycles. The highest BCUT2D eigenvalue weighted by atomic mass is 16.5. The molecule has 0 aromatic carbocycles. The van der Waals surface area contributed by atoms with Crippen LogP contribution in [0.2, 0.25) is 0 Å². The molecule has 1 rings (SSSR count). The zero-order valence-corrected chi connectivity index (χ0v) is 9.88. The molecule has 0 aliphatic heterocycles. The van der Waals surface area contributed by atoms with Gasteiger partial charge >= 0.3 is 0 Å². The number of hydrogen-bond acceptors (Lipinski definition) is 3. The molecule has 0 unspecified atom stereocenters. The van der Waals surface area contributed by atoms with Gasteiger partial charge in [0, 0.05) is 13.2 Å². The van der Waals surface area contributed by atoms with Crippen LogP contribution in [-0.2, 0) is 9.53 Å². The molecule has 0 aromatic heterocycles. The lowest BCUT2D eigenvalue weighted by molar-refractivity contribution is -0.123. The second-order valence-electron chi connectivity index (χ2n) is 4.84. The molecule has 0 saturated heterocycles. The Morgan fingerprint density at radius 1 is 1.33 bits per heavy atom. The third-order valence-electron chi connectivity index (χ3n) is 3.19. The van der Waals surface area contributed by atoms with Gasteiger partial charge < -0.3 is 15.8 Å². The topological polar surface area (TPSA) is 64.3 Å². The van der Waals surface area contributed by atoms with Gasteiger partial charge in [0.15, 0.2) is 0 Å². The molecule has 3 N–H and O–H groups in total. The van der Waals surface area contributed by atoms with E-state index in [0.29, 0.717) is 12.1 Å². The molecule has 0 atom stereocenters. The van der Waals surface area contributed by atoms with Gasteiger partial charge in [-0.2, -0.15) is 0 Å². The van der Waals surface area contributed by atoms with Crippen molar-refractivity contribution in [2.45, 2.75) is 57.2 Å². The van der Waals surface area contributed by atoms with Gasteiger partial charge in [0.1, 0.15) is 0 Å². The quantitative estimate of drug-likeness (QED) is 0.727. The predicted octanol–water partition coefficient (Wildman–Crippen LogP) is 0.797. The summed E-state index contributed by atoms with van der Waals surface area (Å²) >= 11 is 0. The SMILES string of the molecule is COC1CCC(NC(C)(C)C(N)=O)CC1. The van der Waals surface area contributed by atoms with Crippen molar-refractivity contribution in [3.8, 4) is 0 Å². The van der Waals surface area contributed by atoms with E-state index in [0.717, 1.165) is 25.7 Å². The average Bonchev–Trinajstić information content (AvgIpc) is 2.18. The van der Waals surface area contributed by atoms with Crippen molar-refractivity contribution in [2.24, 2.45) is 5.73 Å². The minimum absolute atomic E-state index is 0.295. The Balaban J connectivity index is 2.38. The Labute approximate surface area is 91.5 Å². The number of methoxy groups -OCH3 is 1. The smallest absolute Gasteiger partial charge is 0.237 e. The van der Waals surface area contributed by atoms with E-state index in [1.165, 1.54) is 0 Å². The van der Waals surface area contributed by atoms with Crippen LogP contribution in [0.4, 0.5) is 0 Å². The third-order valence-corrected chi connectivity index (χ3v) is 3.19. The van der Waals surface area contributed by atoms with E-state index in [4.69, 9.17) is 10.5 Å². The fraction of sp³-hybridized carbons (Fsp3) is 0.909. The van der Waals surface area contributed by atoms with Crippen molar-refractivity contribution in [2.75, 3.05) is 7.11 Å². The van der Waals surface area contributed by atoms with Gasteiger partial charge in [0.2, 0.25) is 5.91 Å². The Hall–Kier alpha value is -0.610. The van der Waals surface area contributed by atoms with Crippen LogP contribution < -0.4 is 11.1 Å². The summed E-state index contributed by atoms with van der Waals surface area (Å²) in [5, 5.41) is 3.31. The molecule has 15 heavy (non-hydrogen) atoms. The van der Waals surface area contributed by atoms with Crippen molar-refractivity contribution in [1.82, 2.24) is 5.32 Å². The van der Waals surface area contributed by atoms with Gasteiger partial charge in [0.25, 0.3) is 0 Å². The van der Waals surface area contributed by atoms with E-state index in [9.17, 15) is 4.79 Å². The number of nitrogens with two attached hydrogens (primary N) is 1. The minimum atomic E-state index is -0.607. The van der Waals surface area contributed by atoms with E-state index in [1.54, 1.807) is 7.11 Å². The fourth-order valence-electron chi connectivity index (χ4n) is 2.02. The molecule has 4 heteroatoms. The van der Waals surface area contributed by atoms with Gasteiger partial charge in [-0.25, -0.2) is 0 Å². The maximum atomic E-state index is 11.2. The number of primary amides is 1. The highest BCUT2D eigenvalue weighted by Gasteiger charge is 2.30. The number of hydrogen-bond donors (Lipinski definition) is 2. The largest absolute Gasteiger partial charge is 0.381 e. The van der Waals surface area contributed by atoms with Gasteiger partial charge in [-0.05, 0) is 39.5 Å². The molecule has 1 aliphatic rings. The lowest BCUT2D eigenvalue weighted by atomic mass is 9.90. The molecule has 88 valence electrons. The molecule has 0 bridgehead atoms. The van der Waals surface area contributed by atoms with E-state index in [2.05, 4.69) is 5.32 Å². The van der Waals surface area contributed by atoms with Crippen LogP contribution in [0.25, 0.3) is 0 Å². The van der Waals surface area contributed by atoms with Crippen molar-refractivity contribution in [3.63, 3.8) is 0 Å². The molecule has 4 nitrogen and oxygen atoms in total. The van der Waals surface area contributed by atoms with Gasteiger partial charge in [-0.15, -0.1) is 0 Å². The first kappa shape index (κ1) is 12.5. The minimum Gasteiger partial charge on any atom is -0.381 e. The number of amides is 1. The van der Waals surface area contributed by atoms with Crippen LogP contribution in [-0.4, -0.2) is 30.7 Å². The van der Waals surface area contributed by atoms with Crippen molar-refractivity contribution >= 4 is 5.91 Å². The predicted molar refractivity (Wildman–Crippen MR) is 59.5 cm³/mol. The first-order valence-electron chi connectivity index (χ1n) is 5.56. The lowest BCUT2D eigenvalue weighted by Crippen LogP contribution is -2.55. The van der Waals surface area contributed by atoms with E-state index in [1.807, 2.05) is 13.8 Å². The highest BCUT2D eigenvalue weighted by Crippen LogP contribution is 2.22. The number of nitrogens with one attached hydrogen (secondary N) is 1. The summed E-state index contributed by atoms with van der Waals surface area (Å²) in [4.78, 5) is 11.2. The normalized spacial score (nSPS) is 27.7. The lowest BCUT2D eigenvalue weighted by Gasteiger charge is -2.34. The number of carbonyl (C=O) groups excluding carboxylic acids is 1. The average molecular weight is 214 g/mol. The maximum absolute atomic E-state index is 11.2. The first-order valence-corrected chi connectivity index (χ1v) is 5.56. The summed E-state index contributed by atoms with van der Waals surface area (Å²) in [6, 6.07) is 0.388. The Bertz CT molecular complexity index is 221. The summed E-state index contributed by atoms with van der Waals surface area (Å²) in [6.45, 7) is 3.66. The Kier molecular flexibility index (Phi) is 4.11. The summed E-state index contributed by atoms with van der Waals surface area (Å²) < 4.78 is 5.30. The summed E-state index contributed by atoms with van der Waals surface area (Å²) in [5.41, 5.74) is 4.71. The first-order chi connectivity index (χ1) is 6.95. The number of rotatable bonds is 4. The van der Waals surface area contributed by atoms with Crippen LogP contribution in [0.15, 0.2) is 0 Å². The number of carbonyl (C=O) groups is 1. The van der Waals surface area contributed by atoms with Crippen LogP contribution in [0.3, 0.4) is 0 Å². The Morgan fingerprint density at radius 2 is 1.87 bits per heavy atom. The monoisotopic (exact) mass is 214 g/mol. The summed E-state index contributed by atoms with van der Waals surface area (Å²) in [7, 11) is 1.76. The zero-order valence-electron chi connectivity index (χ0n) is 9.88. The van der Waals surface area contributed by atoms with Crippen LogP contribution >= 0.6 is 0 Å². The molecule has 1 fully saturated rings. The molecule has 1 amide bonds. The Morgan fingerprint density at radius 3 is 2.27 bits per heavy atom. The van der Waals surface area contributed by atoms with Crippen LogP contribution in [0, 0.1) is 0 Å². The second-order valence-corrected chi connectivity index (χ2v) is 4.84. The summed E-state index contributed by atoms with van der Waals surface area (Å²) in [5.74, 6) is -0.295. The van der Waals surface area contributed by atoms with Crippen molar-refractivity contribution < 1.29 is 9.53 Å². The van der Waals surface area contributed by atoms with E-state index in [-0.39, 0.29) is 5.91 Å². The van der Waals surface area contributed by atoms with Crippen LogP contribution in [0.5, 0.6) is 0 Å². The fourth-order valence-corrected chi connectivity index (χ4v) is 2.02. The van der Waals surface area contributed by atoms with E-state index >= 15 is 0 Å². The third kappa shape index (κ3) is 3.47.